The number of nitrogen functional groups attached to an aromatic ring is 1. The minimum Gasteiger partial charge on any atom is -0.465 e. The third-order valence-electron chi connectivity index (χ3n) is 3.64. The number of carbonyl (C=O) groups excluding carboxylic acids is 1. The van der Waals surface area contributed by atoms with E-state index in [4.69, 9.17) is 10.5 Å². The molecule has 0 bridgehead atoms. The number of methoxy groups -OCH3 is 1. The van der Waals surface area contributed by atoms with E-state index in [2.05, 4.69) is 12.2 Å². The third-order valence-corrected chi connectivity index (χ3v) is 4.97. The van der Waals surface area contributed by atoms with Gasteiger partial charge in [-0.1, -0.05) is 13.3 Å². The minimum atomic E-state index is -0.392. The smallest absolute Gasteiger partial charge is 0.340 e. The fraction of sp³-hybridized carbons (Fsp3) is 0.533. The van der Waals surface area contributed by atoms with Crippen LogP contribution in [0.25, 0.3) is 0 Å². The number of carbonyl (C=O) groups is 1. The average molecular weight is 294 g/mol. The lowest BCUT2D eigenvalue weighted by atomic mass is 10.1. The molecule has 0 saturated heterocycles. The number of ether oxygens (including phenoxy) is 1. The van der Waals surface area contributed by atoms with Crippen molar-refractivity contribution in [3.63, 3.8) is 0 Å². The molecule has 0 spiro atoms. The van der Waals surface area contributed by atoms with Crippen molar-refractivity contribution in [2.24, 2.45) is 0 Å². The lowest BCUT2D eigenvalue weighted by Gasteiger charge is -2.21. The SMILES string of the molecule is CCSC1CCCC1Nc1ccc(N)c(C(=O)OC)c1. The molecule has 2 unspecified atom stereocenters. The number of hydrogen-bond acceptors (Lipinski definition) is 5. The average Bonchev–Trinajstić information content (AvgIpc) is 2.88. The predicted octanol–water partition coefficient (Wildman–Crippen LogP) is 3.14. The molecule has 110 valence electrons. The van der Waals surface area contributed by atoms with Crippen molar-refractivity contribution >= 4 is 29.1 Å². The quantitative estimate of drug-likeness (QED) is 0.645. The molecule has 0 radical (unpaired) electrons. The minimum absolute atomic E-state index is 0.392. The molecule has 0 amide bonds. The van der Waals surface area contributed by atoms with Crippen LogP contribution >= 0.6 is 11.8 Å². The molecule has 20 heavy (non-hydrogen) atoms. The summed E-state index contributed by atoms with van der Waals surface area (Å²) in [5.74, 6) is 0.745. The molecule has 1 saturated carbocycles. The van der Waals surface area contributed by atoms with Gasteiger partial charge in [0.05, 0.1) is 12.7 Å². The lowest BCUT2D eigenvalue weighted by Crippen LogP contribution is -2.26. The van der Waals surface area contributed by atoms with Crippen LogP contribution in [0, 0.1) is 0 Å². The van der Waals surface area contributed by atoms with Gasteiger partial charge in [0.25, 0.3) is 0 Å². The highest BCUT2D eigenvalue weighted by Crippen LogP contribution is 2.32. The Morgan fingerprint density at radius 3 is 3.00 bits per heavy atom. The van der Waals surface area contributed by atoms with Gasteiger partial charge in [-0.05, 0) is 36.8 Å². The molecule has 1 aromatic rings. The summed E-state index contributed by atoms with van der Waals surface area (Å²) in [5, 5.41) is 4.19. The van der Waals surface area contributed by atoms with Crippen LogP contribution in [0.1, 0.15) is 36.5 Å². The molecule has 0 aromatic heterocycles. The zero-order valence-electron chi connectivity index (χ0n) is 12.0. The number of rotatable bonds is 5. The topological polar surface area (TPSA) is 64.3 Å². The molecule has 0 heterocycles. The summed E-state index contributed by atoms with van der Waals surface area (Å²) >= 11 is 2.01. The van der Waals surface area contributed by atoms with Crippen molar-refractivity contribution in [2.75, 3.05) is 23.9 Å². The van der Waals surface area contributed by atoms with Crippen LogP contribution in [0.3, 0.4) is 0 Å². The second-order valence-corrected chi connectivity index (χ2v) is 6.49. The highest BCUT2D eigenvalue weighted by atomic mass is 32.2. The predicted molar refractivity (Wildman–Crippen MR) is 85.4 cm³/mol. The molecular weight excluding hydrogens is 272 g/mol. The van der Waals surface area contributed by atoms with Gasteiger partial charge < -0.3 is 15.8 Å². The maximum atomic E-state index is 11.7. The van der Waals surface area contributed by atoms with Crippen molar-refractivity contribution < 1.29 is 9.53 Å². The van der Waals surface area contributed by atoms with Gasteiger partial charge in [0.2, 0.25) is 0 Å². The van der Waals surface area contributed by atoms with Crippen LogP contribution in [-0.4, -0.2) is 30.1 Å². The van der Waals surface area contributed by atoms with Crippen molar-refractivity contribution in [2.45, 2.75) is 37.5 Å². The van der Waals surface area contributed by atoms with Gasteiger partial charge in [-0.2, -0.15) is 11.8 Å². The van der Waals surface area contributed by atoms with Crippen LogP contribution in [-0.2, 0) is 4.74 Å². The van der Waals surface area contributed by atoms with Gasteiger partial charge in [-0.25, -0.2) is 4.79 Å². The number of nitrogens with two attached hydrogens (primary N) is 1. The molecule has 1 aromatic carbocycles. The van der Waals surface area contributed by atoms with Crippen molar-refractivity contribution in [3.05, 3.63) is 23.8 Å². The van der Waals surface area contributed by atoms with E-state index >= 15 is 0 Å². The van der Waals surface area contributed by atoms with Gasteiger partial charge in [-0.15, -0.1) is 0 Å². The Morgan fingerprint density at radius 1 is 1.50 bits per heavy atom. The largest absolute Gasteiger partial charge is 0.465 e. The molecule has 1 fully saturated rings. The van der Waals surface area contributed by atoms with Crippen molar-refractivity contribution in [3.8, 4) is 0 Å². The van der Waals surface area contributed by atoms with E-state index in [1.165, 1.54) is 26.4 Å². The highest BCUT2D eigenvalue weighted by molar-refractivity contribution is 7.99. The Kier molecular flexibility index (Phi) is 5.17. The number of anilines is 2. The van der Waals surface area contributed by atoms with Gasteiger partial charge in [0.15, 0.2) is 0 Å². The lowest BCUT2D eigenvalue weighted by molar-refractivity contribution is 0.0602. The van der Waals surface area contributed by atoms with Crippen LogP contribution in [0.4, 0.5) is 11.4 Å². The second-order valence-electron chi connectivity index (χ2n) is 4.97. The van der Waals surface area contributed by atoms with Gasteiger partial charge in [0.1, 0.15) is 0 Å². The maximum absolute atomic E-state index is 11.7. The first kappa shape index (κ1) is 15.0. The first-order chi connectivity index (χ1) is 9.65. The molecule has 5 heteroatoms. The molecular formula is C15H22N2O2S. The number of esters is 1. The Bertz CT molecular complexity index is 479. The summed E-state index contributed by atoms with van der Waals surface area (Å²) in [6, 6.07) is 5.93. The zero-order chi connectivity index (χ0) is 14.5. The Balaban J connectivity index is 2.11. The number of hydrogen-bond donors (Lipinski definition) is 2. The molecule has 2 atom stereocenters. The van der Waals surface area contributed by atoms with Crippen molar-refractivity contribution in [1.82, 2.24) is 0 Å². The molecule has 3 N–H and O–H groups in total. The molecule has 4 nitrogen and oxygen atoms in total. The van der Waals surface area contributed by atoms with Crippen LogP contribution in [0.15, 0.2) is 18.2 Å². The fourth-order valence-corrected chi connectivity index (χ4v) is 3.85. The van der Waals surface area contributed by atoms with E-state index in [1.807, 2.05) is 17.8 Å². The number of thioether (sulfide) groups is 1. The Morgan fingerprint density at radius 2 is 2.30 bits per heavy atom. The Hall–Kier alpha value is -1.36. The molecule has 0 aliphatic heterocycles. The van der Waals surface area contributed by atoms with E-state index in [9.17, 15) is 4.79 Å². The first-order valence-corrected chi connectivity index (χ1v) is 8.06. The summed E-state index contributed by atoms with van der Waals surface area (Å²) in [4.78, 5) is 11.7. The van der Waals surface area contributed by atoms with Crippen LogP contribution in [0.2, 0.25) is 0 Å². The third kappa shape index (κ3) is 3.39. The van der Waals surface area contributed by atoms with Gasteiger partial charge in [0, 0.05) is 22.7 Å². The van der Waals surface area contributed by atoms with Gasteiger partial charge in [-0.3, -0.25) is 0 Å². The number of nitrogens with one attached hydrogen (secondary N) is 1. The highest BCUT2D eigenvalue weighted by Gasteiger charge is 2.27. The van der Waals surface area contributed by atoms with Crippen LogP contribution in [0.5, 0.6) is 0 Å². The van der Waals surface area contributed by atoms with Crippen LogP contribution < -0.4 is 11.1 Å². The van der Waals surface area contributed by atoms with E-state index < -0.39 is 5.97 Å². The second kappa shape index (κ2) is 6.88. The first-order valence-electron chi connectivity index (χ1n) is 7.01. The fourth-order valence-electron chi connectivity index (χ4n) is 2.65. The molecule has 1 aliphatic rings. The zero-order valence-corrected chi connectivity index (χ0v) is 12.8. The Labute approximate surface area is 124 Å². The van der Waals surface area contributed by atoms with Crippen molar-refractivity contribution in [1.29, 1.82) is 0 Å². The van der Waals surface area contributed by atoms with E-state index in [0.717, 1.165) is 11.4 Å². The normalized spacial score (nSPS) is 21.7. The summed E-state index contributed by atoms with van der Waals surface area (Å²) in [7, 11) is 1.37. The van der Waals surface area contributed by atoms with E-state index in [0.29, 0.717) is 22.5 Å². The molecule has 1 aliphatic carbocycles. The summed E-state index contributed by atoms with van der Waals surface area (Å²) in [6.45, 7) is 2.19. The number of benzene rings is 1. The molecule has 2 rings (SSSR count). The van der Waals surface area contributed by atoms with E-state index in [-0.39, 0.29) is 0 Å². The van der Waals surface area contributed by atoms with Gasteiger partial charge >= 0.3 is 5.97 Å². The summed E-state index contributed by atoms with van der Waals surface area (Å²) in [5.41, 5.74) is 7.63. The maximum Gasteiger partial charge on any atom is 0.340 e. The monoisotopic (exact) mass is 294 g/mol. The summed E-state index contributed by atoms with van der Waals surface area (Å²) in [6.07, 6.45) is 3.69. The summed E-state index contributed by atoms with van der Waals surface area (Å²) < 4.78 is 4.75. The standard InChI is InChI=1S/C15H22N2O2S/c1-3-20-14-6-4-5-13(14)17-10-7-8-12(16)11(9-10)15(18)19-2/h7-9,13-14,17H,3-6,16H2,1-2H3. The van der Waals surface area contributed by atoms with E-state index in [1.54, 1.807) is 12.1 Å².